The summed E-state index contributed by atoms with van der Waals surface area (Å²) in [6.07, 6.45) is 2.97. The van der Waals surface area contributed by atoms with Crippen LogP contribution in [0.25, 0.3) is 0 Å². The smallest absolute Gasteiger partial charge is 0.280 e. The third kappa shape index (κ3) is 4.74. The molecule has 0 saturated heterocycles. The predicted octanol–water partition coefficient (Wildman–Crippen LogP) is 2.08. The molecule has 1 aliphatic heterocycles. The fourth-order valence-corrected chi connectivity index (χ4v) is 3.89. The van der Waals surface area contributed by atoms with Gasteiger partial charge in [-0.1, -0.05) is 6.07 Å². The van der Waals surface area contributed by atoms with Crippen LogP contribution in [0.3, 0.4) is 0 Å². The Bertz CT molecular complexity index is 841. The van der Waals surface area contributed by atoms with E-state index < -0.39 is 6.10 Å². The van der Waals surface area contributed by atoms with Crippen molar-refractivity contribution in [3.8, 4) is 0 Å². The number of methoxy groups -OCH3 is 2. The van der Waals surface area contributed by atoms with Crippen LogP contribution in [0.1, 0.15) is 9.67 Å². The summed E-state index contributed by atoms with van der Waals surface area (Å²) < 4.78 is 10.6. The van der Waals surface area contributed by atoms with Gasteiger partial charge in [0.25, 0.3) is 11.8 Å². The first-order chi connectivity index (χ1) is 13.1. The van der Waals surface area contributed by atoms with Crippen LogP contribution in [0.2, 0.25) is 0 Å². The first kappa shape index (κ1) is 19.5. The monoisotopic (exact) mass is 405 g/mol. The van der Waals surface area contributed by atoms with Gasteiger partial charge in [0, 0.05) is 25.5 Å². The fraction of sp³-hybridized carbons (Fsp3) is 0.333. The Morgan fingerprint density at radius 2 is 2.22 bits per heavy atom. The Morgan fingerprint density at radius 3 is 2.93 bits per heavy atom. The second kappa shape index (κ2) is 9.12. The summed E-state index contributed by atoms with van der Waals surface area (Å²) in [5.74, 6) is 1.85. The number of carbonyl (C=O) groups excluding carboxylic acids is 2. The Labute approximate surface area is 165 Å². The molecule has 2 amide bonds. The van der Waals surface area contributed by atoms with E-state index in [1.165, 1.54) is 11.3 Å². The van der Waals surface area contributed by atoms with Crippen LogP contribution < -0.4 is 5.32 Å². The number of hydrogen-bond donors (Lipinski definition) is 1. The van der Waals surface area contributed by atoms with Gasteiger partial charge in [-0.05, 0) is 17.5 Å². The molecular weight excluding hydrogens is 386 g/mol. The second-order valence-corrected chi connectivity index (χ2v) is 7.66. The van der Waals surface area contributed by atoms with Crippen molar-refractivity contribution in [2.75, 3.05) is 32.3 Å². The molecule has 0 bridgehead atoms. The van der Waals surface area contributed by atoms with Gasteiger partial charge in [-0.3, -0.25) is 9.59 Å². The first-order valence-corrected chi connectivity index (χ1v) is 10.3. The van der Waals surface area contributed by atoms with Crippen molar-refractivity contribution in [1.82, 2.24) is 5.32 Å². The molecule has 27 heavy (non-hydrogen) atoms. The van der Waals surface area contributed by atoms with E-state index in [9.17, 15) is 9.59 Å². The van der Waals surface area contributed by atoms with Gasteiger partial charge < -0.3 is 14.8 Å². The normalized spacial score (nSPS) is 18.7. The summed E-state index contributed by atoms with van der Waals surface area (Å²) in [5.41, 5.74) is 0.973. The SMILES string of the molecule is COC1=CC2=NC(CSCCNC(=O)c3cccs3)=NC(=O)C2=CC1OC. The topological polar surface area (TPSA) is 89.4 Å². The number of carbonyl (C=O) groups is 2. The van der Waals surface area contributed by atoms with Crippen molar-refractivity contribution in [3.05, 3.63) is 45.9 Å². The third-order valence-corrected chi connectivity index (χ3v) is 5.69. The molecule has 1 aromatic rings. The standard InChI is InChI=1S/C18H19N3O4S2/c1-24-13-8-11-12(9-14(13)25-2)20-16(21-17(11)22)10-26-7-5-19-18(23)15-4-3-6-27-15/h3-4,6,8-9,13H,5,7,10H2,1-2H3,(H,19,23). The number of aliphatic imine (C=N–C) groups is 2. The lowest BCUT2D eigenvalue weighted by molar-refractivity contribution is -0.114. The molecule has 0 spiro atoms. The molecule has 2 aliphatic rings. The maximum Gasteiger partial charge on any atom is 0.280 e. The van der Waals surface area contributed by atoms with E-state index in [-0.39, 0.29) is 11.8 Å². The summed E-state index contributed by atoms with van der Waals surface area (Å²) in [7, 11) is 3.10. The molecule has 1 aromatic heterocycles. The van der Waals surface area contributed by atoms with Gasteiger partial charge in [0.05, 0.1) is 29.0 Å². The highest BCUT2D eigenvalue weighted by Gasteiger charge is 2.28. The highest BCUT2D eigenvalue weighted by molar-refractivity contribution is 8.00. The molecule has 0 radical (unpaired) electrons. The number of hydrogen-bond acceptors (Lipinski definition) is 7. The molecule has 1 unspecified atom stereocenters. The molecule has 7 nitrogen and oxygen atoms in total. The highest BCUT2D eigenvalue weighted by atomic mass is 32.2. The quantitative estimate of drug-likeness (QED) is 0.669. The van der Waals surface area contributed by atoms with E-state index in [2.05, 4.69) is 15.3 Å². The van der Waals surface area contributed by atoms with Crippen molar-refractivity contribution in [1.29, 1.82) is 0 Å². The minimum Gasteiger partial charge on any atom is -0.498 e. The van der Waals surface area contributed by atoms with Gasteiger partial charge in [0.15, 0.2) is 0 Å². The molecule has 0 aromatic carbocycles. The molecule has 3 rings (SSSR count). The number of fused-ring (bicyclic) bond motifs is 1. The lowest BCUT2D eigenvalue weighted by Crippen LogP contribution is -2.28. The molecule has 0 fully saturated rings. The van der Waals surface area contributed by atoms with Gasteiger partial charge in [-0.25, -0.2) is 4.99 Å². The molecular formula is C18H19N3O4S2. The summed E-state index contributed by atoms with van der Waals surface area (Å²) >= 11 is 2.96. The van der Waals surface area contributed by atoms with Crippen LogP contribution in [0.5, 0.6) is 0 Å². The van der Waals surface area contributed by atoms with Crippen LogP contribution in [-0.2, 0) is 14.3 Å². The minimum absolute atomic E-state index is 0.0714. The largest absolute Gasteiger partial charge is 0.498 e. The van der Waals surface area contributed by atoms with Gasteiger partial charge >= 0.3 is 0 Å². The summed E-state index contributed by atoms with van der Waals surface area (Å²) in [6.45, 7) is 0.535. The van der Waals surface area contributed by atoms with Crippen molar-refractivity contribution >= 4 is 46.5 Å². The van der Waals surface area contributed by atoms with Crippen molar-refractivity contribution in [2.45, 2.75) is 6.10 Å². The average molecular weight is 406 g/mol. The lowest BCUT2D eigenvalue weighted by Gasteiger charge is -2.22. The van der Waals surface area contributed by atoms with Crippen LogP contribution in [-0.4, -0.2) is 61.7 Å². The van der Waals surface area contributed by atoms with Crippen LogP contribution in [0, 0.1) is 0 Å². The first-order valence-electron chi connectivity index (χ1n) is 8.23. The van der Waals surface area contributed by atoms with E-state index in [4.69, 9.17) is 9.47 Å². The number of thioether (sulfide) groups is 1. The number of nitrogens with one attached hydrogen (secondary N) is 1. The van der Waals surface area contributed by atoms with Crippen molar-refractivity contribution < 1.29 is 19.1 Å². The Hall–Kier alpha value is -2.23. The highest BCUT2D eigenvalue weighted by Crippen LogP contribution is 2.23. The van der Waals surface area contributed by atoms with Gasteiger partial charge in [-0.2, -0.15) is 16.8 Å². The summed E-state index contributed by atoms with van der Waals surface area (Å²) in [4.78, 5) is 33.3. The average Bonchev–Trinajstić information content (AvgIpc) is 3.21. The molecule has 1 atom stereocenters. The molecule has 1 N–H and O–H groups in total. The second-order valence-electron chi connectivity index (χ2n) is 5.60. The summed E-state index contributed by atoms with van der Waals surface area (Å²) in [6, 6.07) is 3.63. The third-order valence-electron chi connectivity index (χ3n) is 3.86. The molecule has 0 saturated carbocycles. The van der Waals surface area contributed by atoms with Crippen molar-refractivity contribution in [3.63, 3.8) is 0 Å². The Morgan fingerprint density at radius 1 is 1.37 bits per heavy atom. The van der Waals surface area contributed by atoms with Gasteiger partial charge in [0.2, 0.25) is 0 Å². The molecule has 2 heterocycles. The molecule has 9 heteroatoms. The maximum atomic E-state index is 12.3. The number of nitrogens with zero attached hydrogens (tertiary/aromatic N) is 2. The summed E-state index contributed by atoms with van der Waals surface area (Å²) in [5, 5.41) is 4.73. The van der Waals surface area contributed by atoms with E-state index in [0.717, 1.165) is 0 Å². The zero-order chi connectivity index (χ0) is 19.2. The lowest BCUT2D eigenvalue weighted by atomic mass is 9.99. The Kier molecular flexibility index (Phi) is 6.59. The predicted molar refractivity (Wildman–Crippen MR) is 108 cm³/mol. The maximum absolute atomic E-state index is 12.3. The number of ether oxygens (including phenoxy) is 2. The molecule has 1 aliphatic carbocycles. The van der Waals surface area contributed by atoms with Gasteiger partial charge in [-0.15, -0.1) is 11.3 Å². The van der Waals surface area contributed by atoms with Gasteiger partial charge in [0.1, 0.15) is 17.7 Å². The fourth-order valence-electron chi connectivity index (χ4n) is 2.55. The van der Waals surface area contributed by atoms with Crippen LogP contribution >= 0.6 is 23.1 Å². The van der Waals surface area contributed by atoms with E-state index in [1.807, 2.05) is 11.4 Å². The number of amidine groups is 1. The zero-order valence-corrected chi connectivity index (χ0v) is 16.6. The zero-order valence-electron chi connectivity index (χ0n) is 14.9. The van der Waals surface area contributed by atoms with Crippen LogP contribution in [0.15, 0.2) is 51.0 Å². The van der Waals surface area contributed by atoms with E-state index in [0.29, 0.717) is 45.8 Å². The van der Waals surface area contributed by atoms with E-state index >= 15 is 0 Å². The minimum atomic E-state index is -0.411. The molecule has 142 valence electrons. The Balaban J connectivity index is 1.51. The van der Waals surface area contributed by atoms with Crippen LogP contribution in [0.4, 0.5) is 0 Å². The van der Waals surface area contributed by atoms with E-state index in [1.54, 1.807) is 44.2 Å². The number of rotatable bonds is 8. The van der Waals surface area contributed by atoms with Crippen molar-refractivity contribution in [2.24, 2.45) is 9.98 Å². The number of allylic oxidation sites excluding steroid dienone is 1. The number of amides is 2. The number of thiophene rings is 1.